The number of aliphatic carboxylic acids is 1. The van der Waals surface area contributed by atoms with E-state index in [0.717, 1.165) is 11.8 Å². The molecule has 33 heavy (non-hydrogen) atoms. The molecule has 2 fully saturated rings. The van der Waals surface area contributed by atoms with Crippen molar-refractivity contribution in [2.45, 2.75) is 6.42 Å². The van der Waals surface area contributed by atoms with Crippen LogP contribution in [0.3, 0.4) is 0 Å². The highest BCUT2D eigenvalue weighted by atomic mass is 32.2. The summed E-state index contributed by atoms with van der Waals surface area (Å²) in [5, 5.41) is 18.1. The number of anilines is 1. The van der Waals surface area contributed by atoms with E-state index in [1.54, 1.807) is 24.4 Å². The number of carboxylic acids is 1. The van der Waals surface area contributed by atoms with Crippen molar-refractivity contribution in [3.05, 3.63) is 45.2 Å². The van der Waals surface area contributed by atoms with Crippen LogP contribution in [0.4, 0.5) is 5.82 Å². The molecule has 0 saturated carbocycles. The molecule has 0 aliphatic carbocycles. The van der Waals surface area contributed by atoms with Gasteiger partial charge in [0.1, 0.15) is 15.8 Å². The number of hydrogen-bond acceptors (Lipinski definition) is 9. The molecular weight excluding hydrogens is 466 g/mol. The summed E-state index contributed by atoms with van der Waals surface area (Å²) in [7, 11) is 0. The van der Waals surface area contributed by atoms with Crippen molar-refractivity contribution in [2.75, 3.05) is 50.8 Å². The van der Waals surface area contributed by atoms with Gasteiger partial charge in [-0.15, -0.1) is 0 Å². The second-order valence-corrected chi connectivity index (χ2v) is 9.29. The molecule has 10 nitrogen and oxygen atoms in total. The number of carboxylic acid groups (broad SMARTS) is 1. The summed E-state index contributed by atoms with van der Waals surface area (Å²) in [6.45, 7) is 3.33. The van der Waals surface area contributed by atoms with Gasteiger partial charge in [-0.1, -0.05) is 30.0 Å². The Hall–Kier alpha value is -2.80. The number of rotatable bonds is 7. The van der Waals surface area contributed by atoms with Gasteiger partial charge in [0, 0.05) is 45.5 Å². The molecule has 0 spiro atoms. The van der Waals surface area contributed by atoms with Crippen LogP contribution in [0.25, 0.3) is 11.7 Å². The number of fused-ring (bicyclic) bond motifs is 1. The number of aliphatic hydroxyl groups is 1. The quantitative estimate of drug-likeness (QED) is 0.420. The van der Waals surface area contributed by atoms with Crippen molar-refractivity contribution in [1.82, 2.24) is 19.2 Å². The second-order valence-electron chi connectivity index (χ2n) is 7.61. The molecule has 2 aliphatic heterocycles. The van der Waals surface area contributed by atoms with Crippen LogP contribution in [0.15, 0.2) is 34.1 Å². The van der Waals surface area contributed by atoms with Gasteiger partial charge in [0.2, 0.25) is 0 Å². The van der Waals surface area contributed by atoms with Crippen LogP contribution in [0, 0.1) is 0 Å². The predicted molar refractivity (Wildman–Crippen MR) is 129 cm³/mol. The van der Waals surface area contributed by atoms with Crippen molar-refractivity contribution in [1.29, 1.82) is 0 Å². The Bertz CT molecular complexity index is 1190. The topological polar surface area (TPSA) is 119 Å². The van der Waals surface area contributed by atoms with Gasteiger partial charge in [0.05, 0.1) is 23.5 Å². The van der Waals surface area contributed by atoms with E-state index in [4.69, 9.17) is 22.3 Å². The van der Waals surface area contributed by atoms with Gasteiger partial charge in [-0.25, -0.2) is 4.98 Å². The van der Waals surface area contributed by atoms with Crippen LogP contribution in [-0.4, -0.2) is 91.5 Å². The molecule has 4 rings (SSSR count). The Morgan fingerprint density at radius 1 is 1.18 bits per heavy atom. The number of nitrogens with zero attached hydrogens (tertiary/aromatic N) is 5. The van der Waals surface area contributed by atoms with Gasteiger partial charge in [-0.05, 0) is 18.2 Å². The molecule has 2 aromatic rings. The molecule has 0 atom stereocenters. The number of carbonyl (C=O) groups excluding carboxylic acids is 1. The number of piperazine rings is 1. The highest BCUT2D eigenvalue weighted by Crippen LogP contribution is 2.33. The van der Waals surface area contributed by atoms with Gasteiger partial charge in [-0.3, -0.25) is 28.6 Å². The zero-order valence-corrected chi connectivity index (χ0v) is 19.3. The highest BCUT2D eigenvalue weighted by molar-refractivity contribution is 8.26. The highest BCUT2D eigenvalue weighted by Gasteiger charge is 2.33. The van der Waals surface area contributed by atoms with E-state index in [1.165, 1.54) is 15.4 Å². The lowest BCUT2D eigenvalue weighted by Gasteiger charge is -2.35. The van der Waals surface area contributed by atoms with Gasteiger partial charge < -0.3 is 15.1 Å². The predicted octanol–water partition coefficient (Wildman–Crippen LogP) is 0.485. The van der Waals surface area contributed by atoms with E-state index in [1.807, 2.05) is 4.90 Å². The molecule has 0 aromatic carbocycles. The summed E-state index contributed by atoms with van der Waals surface area (Å²) in [6.07, 6.45) is 2.93. The minimum absolute atomic E-state index is 0.0219. The summed E-state index contributed by atoms with van der Waals surface area (Å²) < 4.78 is 1.70. The van der Waals surface area contributed by atoms with Crippen LogP contribution in [0.1, 0.15) is 12.0 Å². The van der Waals surface area contributed by atoms with Crippen molar-refractivity contribution in [2.24, 2.45) is 0 Å². The third-order valence-electron chi connectivity index (χ3n) is 5.54. The molecule has 0 unspecified atom stereocenters. The van der Waals surface area contributed by atoms with Crippen LogP contribution >= 0.6 is 24.0 Å². The fourth-order valence-corrected chi connectivity index (χ4v) is 5.10. The largest absolute Gasteiger partial charge is 0.481 e. The maximum absolute atomic E-state index is 13.4. The summed E-state index contributed by atoms with van der Waals surface area (Å²) in [5.74, 6) is -0.944. The SMILES string of the molecule is O=C(O)CCN1C(=O)/C(=C/c2c(N3CCN(CCO)CC3)nc3ccccn3c2=O)SC1=S. The fourth-order valence-electron chi connectivity index (χ4n) is 3.81. The van der Waals surface area contributed by atoms with Gasteiger partial charge in [0.15, 0.2) is 0 Å². The maximum atomic E-state index is 13.4. The third kappa shape index (κ3) is 4.93. The first-order valence-electron chi connectivity index (χ1n) is 10.5. The maximum Gasteiger partial charge on any atom is 0.305 e. The molecule has 12 heteroatoms. The number of aromatic nitrogens is 2. The number of aliphatic hydroxyl groups excluding tert-OH is 1. The van der Waals surface area contributed by atoms with E-state index in [0.29, 0.717) is 44.2 Å². The minimum atomic E-state index is -1.02. The Kier molecular flexibility index (Phi) is 7.08. The molecule has 1 amide bonds. The van der Waals surface area contributed by atoms with Crippen LogP contribution in [-0.2, 0) is 9.59 Å². The van der Waals surface area contributed by atoms with Crippen LogP contribution in [0.2, 0.25) is 0 Å². The Labute approximate surface area is 199 Å². The third-order valence-corrected chi connectivity index (χ3v) is 6.91. The Balaban J connectivity index is 1.72. The summed E-state index contributed by atoms with van der Waals surface area (Å²) in [6, 6.07) is 5.29. The molecule has 0 radical (unpaired) electrons. The zero-order chi connectivity index (χ0) is 23.5. The van der Waals surface area contributed by atoms with Crippen molar-refractivity contribution >= 4 is 57.7 Å². The van der Waals surface area contributed by atoms with Gasteiger partial charge >= 0.3 is 5.97 Å². The average molecular weight is 490 g/mol. The fraction of sp³-hybridized carbons (Fsp3) is 0.381. The molecular formula is C21H23N5O5S2. The van der Waals surface area contributed by atoms with Crippen LogP contribution < -0.4 is 10.5 Å². The van der Waals surface area contributed by atoms with Crippen molar-refractivity contribution in [3.8, 4) is 0 Å². The smallest absolute Gasteiger partial charge is 0.305 e. The minimum Gasteiger partial charge on any atom is -0.481 e. The van der Waals surface area contributed by atoms with Crippen LogP contribution in [0.5, 0.6) is 0 Å². The standard InChI is InChI=1S/C21H23N5O5S2/c27-12-11-23-7-9-24(10-8-23)18-14(19(30)25-5-2-1-3-16(25)22-18)13-15-20(31)26(21(32)33-15)6-4-17(28)29/h1-3,5,13,27H,4,6-12H2,(H,28,29)/b15-13-. The number of β-amino-alcohol motifs (C(OH)–C–C–N with tert-alkyl or cyclic N) is 1. The Morgan fingerprint density at radius 2 is 1.94 bits per heavy atom. The molecule has 2 N–H and O–H groups in total. The molecule has 2 saturated heterocycles. The van der Waals surface area contributed by atoms with E-state index >= 15 is 0 Å². The molecule has 0 bridgehead atoms. The van der Waals surface area contributed by atoms with E-state index in [2.05, 4.69) is 4.90 Å². The van der Waals surface area contributed by atoms with E-state index < -0.39 is 11.9 Å². The lowest BCUT2D eigenvalue weighted by Crippen LogP contribution is -2.48. The monoisotopic (exact) mass is 489 g/mol. The van der Waals surface area contributed by atoms with Gasteiger partial charge in [-0.2, -0.15) is 0 Å². The number of carbonyl (C=O) groups is 2. The average Bonchev–Trinajstić information content (AvgIpc) is 3.07. The first-order chi connectivity index (χ1) is 15.9. The van der Waals surface area contributed by atoms with Crippen molar-refractivity contribution in [3.63, 3.8) is 0 Å². The lowest BCUT2D eigenvalue weighted by molar-refractivity contribution is -0.137. The normalized spacial score (nSPS) is 18.6. The van der Waals surface area contributed by atoms with Crippen molar-refractivity contribution < 1.29 is 19.8 Å². The van der Waals surface area contributed by atoms with E-state index in [9.17, 15) is 19.5 Å². The number of amides is 1. The Morgan fingerprint density at radius 3 is 2.64 bits per heavy atom. The molecule has 174 valence electrons. The number of thioether (sulfide) groups is 1. The summed E-state index contributed by atoms with van der Waals surface area (Å²) in [4.78, 5) is 47.6. The molecule has 2 aromatic heterocycles. The van der Waals surface area contributed by atoms with E-state index in [-0.39, 0.29) is 39.9 Å². The summed E-state index contributed by atoms with van der Waals surface area (Å²) >= 11 is 6.32. The number of pyridine rings is 1. The molecule has 4 heterocycles. The number of hydrogen-bond donors (Lipinski definition) is 2. The lowest BCUT2D eigenvalue weighted by atomic mass is 10.2. The number of thiocarbonyl (C=S) groups is 1. The molecule has 2 aliphatic rings. The van der Waals surface area contributed by atoms with Gasteiger partial charge in [0.25, 0.3) is 11.5 Å². The summed E-state index contributed by atoms with van der Waals surface area (Å²) in [5.41, 5.74) is 0.485. The second kappa shape index (κ2) is 10.00. The first kappa shape index (κ1) is 23.4. The zero-order valence-electron chi connectivity index (χ0n) is 17.7. The first-order valence-corrected chi connectivity index (χ1v) is 11.7.